The number of aromatic nitrogens is 1. The fraction of sp³-hybridized carbons (Fsp3) is 0.263. The molecule has 23 heavy (non-hydrogen) atoms. The highest BCUT2D eigenvalue weighted by molar-refractivity contribution is 6.35. The van der Waals surface area contributed by atoms with E-state index in [1.807, 2.05) is 12.1 Å². The zero-order valence-corrected chi connectivity index (χ0v) is 14.9. The van der Waals surface area contributed by atoms with Gasteiger partial charge in [-0.1, -0.05) is 54.4 Å². The molecule has 1 aromatic heterocycles. The molecule has 120 valence electrons. The molecule has 0 bridgehead atoms. The molecule has 0 amide bonds. The van der Waals surface area contributed by atoms with E-state index in [0.29, 0.717) is 10.0 Å². The van der Waals surface area contributed by atoms with Gasteiger partial charge in [-0.15, -0.1) is 0 Å². The summed E-state index contributed by atoms with van der Waals surface area (Å²) in [5.41, 5.74) is 4.95. The van der Waals surface area contributed by atoms with Crippen molar-refractivity contribution in [2.45, 2.75) is 26.9 Å². The van der Waals surface area contributed by atoms with Crippen LogP contribution in [0.1, 0.15) is 23.7 Å². The predicted molar refractivity (Wildman–Crippen MR) is 99.6 cm³/mol. The summed E-state index contributed by atoms with van der Waals surface area (Å²) < 4.78 is 2.33. The van der Waals surface area contributed by atoms with Crippen LogP contribution in [0.15, 0.2) is 42.5 Å². The third-order valence-electron chi connectivity index (χ3n) is 4.26. The number of hydrogen-bond donors (Lipinski definition) is 1. The Labute approximate surface area is 147 Å². The summed E-state index contributed by atoms with van der Waals surface area (Å²) in [6, 6.07) is 14.2. The van der Waals surface area contributed by atoms with Gasteiger partial charge in [-0.25, -0.2) is 0 Å². The van der Waals surface area contributed by atoms with Crippen molar-refractivity contribution in [2.75, 3.05) is 6.54 Å². The fourth-order valence-electron chi connectivity index (χ4n) is 3.00. The van der Waals surface area contributed by atoms with Gasteiger partial charge in [0.25, 0.3) is 0 Å². The summed E-state index contributed by atoms with van der Waals surface area (Å²) in [6.07, 6.45) is 0. The number of benzene rings is 2. The van der Waals surface area contributed by atoms with E-state index in [4.69, 9.17) is 23.2 Å². The number of fused-ring (bicyclic) bond motifs is 1. The van der Waals surface area contributed by atoms with E-state index in [1.165, 1.54) is 22.2 Å². The van der Waals surface area contributed by atoms with E-state index in [2.05, 4.69) is 48.0 Å². The van der Waals surface area contributed by atoms with Crippen molar-refractivity contribution >= 4 is 34.1 Å². The predicted octanol–water partition coefficient (Wildman–Crippen LogP) is 5.41. The van der Waals surface area contributed by atoms with Crippen molar-refractivity contribution in [2.24, 2.45) is 0 Å². The maximum absolute atomic E-state index is 6.36. The van der Waals surface area contributed by atoms with Gasteiger partial charge in [0.05, 0.1) is 0 Å². The van der Waals surface area contributed by atoms with Crippen LogP contribution in [0.5, 0.6) is 0 Å². The number of para-hydroxylation sites is 1. The molecule has 0 unspecified atom stereocenters. The van der Waals surface area contributed by atoms with E-state index < -0.39 is 0 Å². The molecule has 0 radical (unpaired) electrons. The molecule has 0 aliphatic heterocycles. The van der Waals surface area contributed by atoms with Gasteiger partial charge in [0.15, 0.2) is 0 Å². The first-order valence-electron chi connectivity index (χ1n) is 7.83. The molecule has 0 saturated carbocycles. The van der Waals surface area contributed by atoms with Gasteiger partial charge in [0, 0.05) is 39.7 Å². The van der Waals surface area contributed by atoms with Crippen molar-refractivity contribution in [3.05, 3.63) is 69.3 Å². The van der Waals surface area contributed by atoms with Crippen LogP contribution >= 0.6 is 23.2 Å². The zero-order valence-electron chi connectivity index (χ0n) is 13.4. The van der Waals surface area contributed by atoms with Crippen LogP contribution in [0.25, 0.3) is 10.9 Å². The van der Waals surface area contributed by atoms with Gasteiger partial charge in [0.2, 0.25) is 0 Å². The summed E-state index contributed by atoms with van der Waals surface area (Å²) >= 11 is 12.4. The molecule has 3 aromatic rings. The molecular formula is C19H20Cl2N2. The molecule has 0 saturated heterocycles. The largest absolute Gasteiger partial charge is 0.340 e. The normalized spacial score (nSPS) is 11.3. The third-order valence-corrected chi connectivity index (χ3v) is 4.84. The summed E-state index contributed by atoms with van der Waals surface area (Å²) in [5.74, 6) is 0. The Morgan fingerprint density at radius 3 is 2.61 bits per heavy atom. The molecule has 0 spiro atoms. The van der Waals surface area contributed by atoms with E-state index in [1.54, 1.807) is 6.07 Å². The van der Waals surface area contributed by atoms with Crippen LogP contribution in [0.4, 0.5) is 0 Å². The second-order valence-electron chi connectivity index (χ2n) is 5.68. The van der Waals surface area contributed by atoms with Crippen LogP contribution in [0.2, 0.25) is 10.0 Å². The average molecular weight is 347 g/mol. The third kappa shape index (κ3) is 3.25. The molecule has 4 heteroatoms. The molecule has 0 atom stereocenters. The quantitative estimate of drug-likeness (QED) is 0.653. The van der Waals surface area contributed by atoms with Crippen molar-refractivity contribution < 1.29 is 0 Å². The van der Waals surface area contributed by atoms with Crippen LogP contribution in [-0.2, 0) is 13.1 Å². The summed E-state index contributed by atoms with van der Waals surface area (Å²) in [5, 5.41) is 6.12. The maximum Gasteiger partial charge on any atom is 0.0493 e. The van der Waals surface area contributed by atoms with E-state index in [-0.39, 0.29) is 0 Å². The molecule has 2 aromatic carbocycles. The molecule has 0 fully saturated rings. The average Bonchev–Trinajstić information content (AvgIpc) is 2.80. The number of nitrogens with zero attached hydrogens (tertiary/aromatic N) is 1. The van der Waals surface area contributed by atoms with Crippen LogP contribution < -0.4 is 5.32 Å². The topological polar surface area (TPSA) is 17.0 Å². The summed E-state index contributed by atoms with van der Waals surface area (Å²) in [7, 11) is 0. The molecule has 1 heterocycles. The maximum atomic E-state index is 6.36. The Bertz CT molecular complexity index is 837. The lowest BCUT2D eigenvalue weighted by Gasteiger charge is -2.11. The van der Waals surface area contributed by atoms with Gasteiger partial charge in [0.1, 0.15) is 0 Å². The highest BCUT2D eigenvalue weighted by Crippen LogP contribution is 2.29. The van der Waals surface area contributed by atoms with Gasteiger partial charge in [-0.2, -0.15) is 0 Å². The van der Waals surface area contributed by atoms with Gasteiger partial charge in [-0.3, -0.25) is 0 Å². The minimum atomic E-state index is 0.667. The molecule has 0 aliphatic rings. The first-order valence-corrected chi connectivity index (χ1v) is 8.58. The van der Waals surface area contributed by atoms with Crippen molar-refractivity contribution in [3.63, 3.8) is 0 Å². The van der Waals surface area contributed by atoms with Crippen LogP contribution in [-0.4, -0.2) is 11.1 Å². The second kappa shape index (κ2) is 6.96. The molecule has 3 rings (SSSR count). The van der Waals surface area contributed by atoms with Crippen LogP contribution in [0.3, 0.4) is 0 Å². The Hall–Kier alpha value is -1.48. The van der Waals surface area contributed by atoms with E-state index in [9.17, 15) is 0 Å². The number of nitrogens with one attached hydrogen (secondary N) is 1. The standard InChI is InChI=1S/C19H20Cl2N2/c1-3-22-11-17-13(2)23(19-7-5-4-6-16(17)19)12-14-8-9-15(20)10-18(14)21/h4-10,22H,3,11-12H2,1-2H3. The monoisotopic (exact) mass is 346 g/mol. The minimum absolute atomic E-state index is 0.667. The number of hydrogen-bond acceptors (Lipinski definition) is 1. The lowest BCUT2D eigenvalue weighted by Crippen LogP contribution is -2.13. The minimum Gasteiger partial charge on any atom is -0.340 e. The summed E-state index contributed by atoms with van der Waals surface area (Å²) in [6.45, 7) is 6.89. The Balaban J connectivity index is 2.08. The highest BCUT2D eigenvalue weighted by atomic mass is 35.5. The number of rotatable bonds is 5. The SMILES string of the molecule is CCNCc1c(C)n(Cc2ccc(Cl)cc2Cl)c2ccccc12. The zero-order chi connectivity index (χ0) is 16.4. The Morgan fingerprint density at radius 1 is 1.09 bits per heavy atom. The lowest BCUT2D eigenvalue weighted by molar-refractivity contribution is 0.715. The van der Waals surface area contributed by atoms with Gasteiger partial charge >= 0.3 is 0 Å². The first-order chi connectivity index (χ1) is 11.1. The molecule has 0 aliphatic carbocycles. The van der Waals surface area contributed by atoms with Gasteiger partial charge in [-0.05, 0) is 42.8 Å². The van der Waals surface area contributed by atoms with Crippen molar-refractivity contribution in [1.82, 2.24) is 9.88 Å². The second-order valence-corrected chi connectivity index (χ2v) is 6.53. The number of halogens is 2. The first kappa shape index (κ1) is 16.4. The molecule has 1 N–H and O–H groups in total. The van der Waals surface area contributed by atoms with Crippen LogP contribution in [0, 0.1) is 6.92 Å². The van der Waals surface area contributed by atoms with E-state index in [0.717, 1.165) is 25.2 Å². The summed E-state index contributed by atoms with van der Waals surface area (Å²) in [4.78, 5) is 0. The lowest BCUT2D eigenvalue weighted by atomic mass is 10.1. The Kier molecular flexibility index (Phi) is 4.96. The van der Waals surface area contributed by atoms with E-state index >= 15 is 0 Å². The Morgan fingerprint density at radius 2 is 1.87 bits per heavy atom. The molecule has 2 nitrogen and oxygen atoms in total. The fourth-order valence-corrected chi connectivity index (χ4v) is 3.47. The molecular weight excluding hydrogens is 327 g/mol. The van der Waals surface area contributed by atoms with Crippen molar-refractivity contribution in [1.29, 1.82) is 0 Å². The highest BCUT2D eigenvalue weighted by Gasteiger charge is 2.14. The smallest absolute Gasteiger partial charge is 0.0493 e. The van der Waals surface area contributed by atoms with Crippen molar-refractivity contribution in [3.8, 4) is 0 Å². The van der Waals surface area contributed by atoms with Gasteiger partial charge < -0.3 is 9.88 Å².